The summed E-state index contributed by atoms with van der Waals surface area (Å²) in [5, 5.41) is 4.06. The van der Waals surface area contributed by atoms with Gasteiger partial charge in [0.1, 0.15) is 16.4 Å². The average molecular weight is 413 g/mol. The monoisotopic (exact) mass is 412 g/mol. The average Bonchev–Trinajstić information content (AvgIpc) is 3.23. The van der Waals surface area contributed by atoms with Crippen LogP contribution in [0.3, 0.4) is 0 Å². The van der Waals surface area contributed by atoms with Crippen molar-refractivity contribution in [2.75, 3.05) is 47.1 Å². The number of sulfonamides is 1. The Bertz CT molecular complexity index is 833. The molecule has 0 spiro atoms. The zero-order valence-corrected chi connectivity index (χ0v) is 17.0. The molecule has 1 aromatic heterocycles. The molecule has 0 bridgehead atoms. The van der Waals surface area contributed by atoms with Gasteiger partial charge in [0.15, 0.2) is 0 Å². The summed E-state index contributed by atoms with van der Waals surface area (Å²) < 4.78 is 44.5. The molecule has 9 heteroatoms. The molecule has 2 aromatic rings. The fourth-order valence-corrected chi connectivity index (χ4v) is 5.00. The Hall–Kier alpha value is -1.65. The van der Waals surface area contributed by atoms with E-state index in [0.717, 1.165) is 18.7 Å². The maximum absolute atomic E-state index is 12.9. The van der Waals surface area contributed by atoms with Gasteiger partial charge >= 0.3 is 0 Å². The Morgan fingerprint density at radius 3 is 2.63 bits per heavy atom. The van der Waals surface area contributed by atoms with Crippen LogP contribution in [0.5, 0.6) is 11.5 Å². The first-order chi connectivity index (χ1) is 13.0. The van der Waals surface area contributed by atoms with E-state index in [2.05, 4.69) is 15.0 Å². The molecular formula is C18H24N2O5S2. The van der Waals surface area contributed by atoms with Gasteiger partial charge in [0.05, 0.1) is 27.4 Å². The molecule has 1 unspecified atom stereocenters. The summed E-state index contributed by atoms with van der Waals surface area (Å²) in [5.41, 5.74) is 1.10. The van der Waals surface area contributed by atoms with Crippen molar-refractivity contribution < 1.29 is 22.6 Å². The number of methoxy groups -OCH3 is 2. The van der Waals surface area contributed by atoms with E-state index in [4.69, 9.17) is 14.2 Å². The predicted octanol–water partition coefficient (Wildman–Crippen LogP) is 2.12. The number of nitrogens with zero attached hydrogens (tertiary/aromatic N) is 1. The van der Waals surface area contributed by atoms with Crippen LogP contribution in [0.15, 0.2) is 39.9 Å². The van der Waals surface area contributed by atoms with E-state index in [-0.39, 0.29) is 23.2 Å². The summed E-state index contributed by atoms with van der Waals surface area (Å²) in [4.78, 5) is 2.31. The third-order valence-corrected chi connectivity index (χ3v) is 6.69. The molecule has 3 rings (SSSR count). The number of ether oxygens (including phenoxy) is 3. The molecule has 2 heterocycles. The highest BCUT2D eigenvalue weighted by atomic mass is 32.2. The molecule has 1 N–H and O–H groups in total. The van der Waals surface area contributed by atoms with Gasteiger partial charge < -0.3 is 14.2 Å². The number of rotatable bonds is 8. The van der Waals surface area contributed by atoms with Crippen LogP contribution in [0.4, 0.5) is 0 Å². The molecule has 1 aromatic carbocycles. The van der Waals surface area contributed by atoms with Crippen LogP contribution in [-0.4, -0.2) is 60.4 Å². The third kappa shape index (κ3) is 4.80. The van der Waals surface area contributed by atoms with E-state index < -0.39 is 10.0 Å². The lowest BCUT2D eigenvalue weighted by molar-refractivity contribution is 0.0173. The number of benzene rings is 1. The molecule has 148 valence electrons. The van der Waals surface area contributed by atoms with Crippen LogP contribution in [0.1, 0.15) is 11.6 Å². The van der Waals surface area contributed by atoms with Crippen molar-refractivity contribution in [3.8, 4) is 11.5 Å². The minimum Gasteiger partial charge on any atom is -0.497 e. The van der Waals surface area contributed by atoms with Crippen molar-refractivity contribution in [2.24, 2.45) is 0 Å². The Kier molecular flexibility index (Phi) is 6.72. The number of hydrogen-bond acceptors (Lipinski definition) is 7. The summed E-state index contributed by atoms with van der Waals surface area (Å²) in [6, 6.07) is 6.71. The summed E-state index contributed by atoms with van der Waals surface area (Å²) in [6.45, 7) is 3.10. The summed E-state index contributed by atoms with van der Waals surface area (Å²) >= 11 is 1.60. The van der Waals surface area contributed by atoms with Gasteiger partial charge in [-0.05, 0) is 34.5 Å². The van der Waals surface area contributed by atoms with E-state index in [1.807, 2.05) is 11.4 Å². The van der Waals surface area contributed by atoms with E-state index in [1.54, 1.807) is 23.5 Å². The Morgan fingerprint density at radius 1 is 1.22 bits per heavy atom. The third-order valence-electron chi connectivity index (χ3n) is 4.54. The highest BCUT2D eigenvalue weighted by Crippen LogP contribution is 2.29. The molecule has 0 radical (unpaired) electrons. The lowest BCUT2D eigenvalue weighted by Crippen LogP contribution is -2.43. The molecule has 7 nitrogen and oxygen atoms in total. The number of thiophene rings is 1. The quantitative estimate of drug-likeness (QED) is 0.716. The second-order valence-electron chi connectivity index (χ2n) is 6.09. The predicted molar refractivity (Wildman–Crippen MR) is 104 cm³/mol. The Labute approximate surface area is 163 Å². The molecule has 1 saturated heterocycles. The van der Waals surface area contributed by atoms with Crippen LogP contribution >= 0.6 is 11.3 Å². The second kappa shape index (κ2) is 9.03. The van der Waals surface area contributed by atoms with Crippen LogP contribution < -0.4 is 14.2 Å². The first kappa shape index (κ1) is 20.1. The molecular weight excluding hydrogens is 388 g/mol. The zero-order valence-electron chi connectivity index (χ0n) is 15.4. The largest absolute Gasteiger partial charge is 0.497 e. The van der Waals surface area contributed by atoms with Crippen molar-refractivity contribution in [1.29, 1.82) is 0 Å². The normalized spacial score (nSPS) is 16.8. The lowest BCUT2D eigenvalue weighted by Gasteiger charge is -2.34. The van der Waals surface area contributed by atoms with Gasteiger partial charge in [-0.1, -0.05) is 0 Å². The van der Waals surface area contributed by atoms with Gasteiger partial charge in [0.2, 0.25) is 10.0 Å². The van der Waals surface area contributed by atoms with Crippen molar-refractivity contribution in [2.45, 2.75) is 10.9 Å². The van der Waals surface area contributed by atoms with Crippen molar-refractivity contribution in [3.63, 3.8) is 0 Å². The standard InChI is InChI=1S/C18H24N2O5S2/c1-23-15-3-4-17(24-2)18(11-15)27(21,22)19-12-16(14-5-10-26-13-14)20-6-8-25-9-7-20/h3-5,10-11,13,16,19H,6-9,12H2,1-2H3. The zero-order chi connectivity index (χ0) is 19.3. The highest BCUT2D eigenvalue weighted by molar-refractivity contribution is 7.89. The minimum atomic E-state index is -3.77. The molecule has 0 amide bonds. The van der Waals surface area contributed by atoms with Gasteiger partial charge in [0.25, 0.3) is 0 Å². The molecule has 0 saturated carbocycles. The van der Waals surface area contributed by atoms with Gasteiger partial charge in [-0.2, -0.15) is 11.3 Å². The van der Waals surface area contributed by atoms with Gasteiger partial charge in [-0.3, -0.25) is 4.90 Å². The maximum atomic E-state index is 12.9. The SMILES string of the molecule is COc1ccc(OC)c(S(=O)(=O)NCC(c2ccsc2)N2CCOCC2)c1. The molecule has 1 atom stereocenters. The summed E-state index contributed by atoms with van der Waals surface area (Å²) in [7, 11) is -0.826. The lowest BCUT2D eigenvalue weighted by atomic mass is 10.1. The van der Waals surface area contributed by atoms with Gasteiger partial charge in [-0.25, -0.2) is 13.1 Å². The number of morpholine rings is 1. The van der Waals surface area contributed by atoms with E-state index >= 15 is 0 Å². The first-order valence-corrected chi connectivity index (χ1v) is 11.0. The first-order valence-electron chi connectivity index (χ1n) is 8.60. The van der Waals surface area contributed by atoms with Crippen LogP contribution in [0.25, 0.3) is 0 Å². The fourth-order valence-electron chi connectivity index (χ4n) is 3.07. The molecule has 0 aliphatic carbocycles. The smallest absolute Gasteiger partial charge is 0.244 e. The highest BCUT2D eigenvalue weighted by Gasteiger charge is 2.27. The molecule has 27 heavy (non-hydrogen) atoms. The summed E-state index contributed by atoms with van der Waals surface area (Å²) in [6.07, 6.45) is 0. The second-order valence-corrected chi connectivity index (χ2v) is 8.60. The van der Waals surface area contributed by atoms with Crippen molar-refractivity contribution >= 4 is 21.4 Å². The number of nitrogens with one attached hydrogen (secondary N) is 1. The van der Waals surface area contributed by atoms with Crippen LogP contribution in [0, 0.1) is 0 Å². The summed E-state index contributed by atoms with van der Waals surface area (Å²) in [5.74, 6) is 0.737. The number of hydrogen-bond donors (Lipinski definition) is 1. The molecule has 1 aliphatic heterocycles. The maximum Gasteiger partial charge on any atom is 0.244 e. The van der Waals surface area contributed by atoms with Gasteiger partial charge in [0, 0.05) is 31.7 Å². The van der Waals surface area contributed by atoms with Crippen molar-refractivity contribution in [3.05, 3.63) is 40.6 Å². The molecule has 1 fully saturated rings. The van der Waals surface area contributed by atoms with E-state index in [1.165, 1.54) is 20.3 Å². The van der Waals surface area contributed by atoms with E-state index in [0.29, 0.717) is 19.0 Å². The van der Waals surface area contributed by atoms with Gasteiger partial charge in [-0.15, -0.1) is 0 Å². The van der Waals surface area contributed by atoms with E-state index in [9.17, 15) is 8.42 Å². The minimum absolute atomic E-state index is 0.0495. The molecule has 1 aliphatic rings. The van der Waals surface area contributed by atoms with Crippen LogP contribution in [-0.2, 0) is 14.8 Å². The Balaban J connectivity index is 1.82. The Morgan fingerprint density at radius 2 is 2.00 bits per heavy atom. The fraction of sp³-hybridized carbons (Fsp3) is 0.444. The van der Waals surface area contributed by atoms with Crippen molar-refractivity contribution in [1.82, 2.24) is 9.62 Å². The topological polar surface area (TPSA) is 77.1 Å². The van der Waals surface area contributed by atoms with Crippen LogP contribution in [0.2, 0.25) is 0 Å².